The van der Waals surface area contributed by atoms with Gasteiger partial charge in [0.25, 0.3) is 5.91 Å². The summed E-state index contributed by atoms with van der Waals surface area (Å²) < 4.78 is 0. The number of hydrogen-bond donors (Lipinski definition) is 2. The molecule has 2 aliphatic heterocycles. The van der Waals surface area contributed by atoms with Crippen LogP contribution in [0, 0.1) is 5.92 Å². The molecule has 0 bridgehead atoms. The van der Waals surface area contributed by atoms with Crippen molar-refractivity contribution < 1.29 is 24.3 Å². The van der Waals surface area contributed by atoms with Crippen LogP contribution in [0.15, 0.2) is 0 Å². The van der Waals surface area contributed by atoms with Crippen LogP contribution in [0.3, 0.4) is 0 Å². The summed E-state index contributed by atoms with van der Waals surface area (Å²) in [4.78, 5) is 52.2. The molecule has 4 aliphatic rings. The average Bonchev–Trinajstić information content (AvgIpc) is 3.31. The second-order valence-electron chi connectivity index (χ2n) is 8.43. The number of likely N-dealkylation sites (tertiary alicyclic amines) is 1. The number of imide groups is 1. The van der Waals surface area contributed by atoms with Crippen LogP contribution < -0.4 is 5.32 Å². The minimum Gasteiger partial charge on any atom is -0.480 e. The maximum absolute atomic E-state index is 12.9. The minimum absolute atomic E-state index is 0.0117. The van der Waals surface area contributed by atoms with Crippen molar-refractivity contribution in [2.45, 2.75) is 81.8 Å². The number of carboxylic acid groups (broad SMARTS) is 1. The van der Waals surface area contributed by atoms with E-state index in [9.17, 15) is 24.3 Å². The molecule has 0 unspecified atom stereocenters. The Morgan fingerprint density at radius 1 is 1.11 bits per heavy atom. The van der Waals surface area contributed by atoms with E-state index in [0.29, 0.717) is 19.3 Å². The molecule has 4 rings (SSSR count). The van der Waals surface area contributed by atoms with Gasteiger partial charge in [0.15, 0.2) is 0 Å². The highest BCUT2D eigenvalue weighted by atomic mass is 16.4. The van der Waals surface area contributed by atoms with Crippen molar-refractivity contribution in [1.82, 2.24) is 15.1 Å². The maximum Gasteiger partial charge on any atom is 0.326 e. The van der Waals surface area contributed by atoms with E-state index in [-0.39, 0.29) is 36.7 Å². The third-order valence-corrected chi connectivity index (χ3v) is 6.91. The molecule has 2 saturated carbocycles. The van der Waals surface area contributed by atoms with E-state index in [0.717, 1.165) is 43.4 Å². The predicted octanol–water partition coefficient (Wildman–Crippen LogP) is 1.49. The van der Waals surface area contributed by atoms with E-state index in [1.54, 1.807) is 0 Å². The molecule has 148 valence electrons. The Morgan fingerprint density at radius 3 is 2.52 bits per heavy atom. The van der Waals surface area contributed by atoms with Crippen molar-refractivity contribution in [3.8, 4) is 0 Å². The number of nitrogens with zero attached hydrogens (tertiary/aromatic N) is 2. The van der Waals surface area contributed by atoms with Crippen molar-refractivity contribution in [2.24, 2.45) is 5.92 Å². The molecule has 0 aromatic carbocycles. The van der Waals surface area contributed by atoms with Gasteiger partial charge in [-0.3, -0.25) is 14.5 Å². The minimum atomic E-state index is -0.961. The number of carbonyl (C=O) groups is 4. The van der Waals surface area contributed by atoms with Crippen LogP contribution in [-0.4, -0.2) is 62.9 Å². The highest BCUT2D eigenvalue weighted by molar-refractivity contribution is 6.07. The number of aliphatic carboxylic acids is 1. The Balaban J connectivity index is 1.43. The molecule has 4 amide bonds. The molecule has 1 spiro atoms. The molecular weight excluding hydrogens is 350 g/mol. The molecule has 27 heavy (non-hydrogen) atoms. The zero-order valence-corrected chi connectivity index (χ0v) is 15.5. The van der Waals surface area contributed by atoms with E-state index in [1.807, 2.05) is 0 Å². The summed E-state index contributed by atoms with van der Waals surface area (Å²) in [5.74, 6) is -1.20. The summed E-state index contributed by atoms with van der Waals surface area (Å²) in [6.45, 7) is 0.0193. The lowest BCUT2D eigenvalue weighted by Crippen LogP contribution is -2.47. The van der Waals surface area contributed by atoms with Gasteiger partial charge in [0.05, 0.1) is 0 Å². The van der Waals surface area contributed by atoms with Gasteiger partial charge in [0.2, 0.25) is 5.91 Å². The maximum atomic E-state index is 12.9. The fraction of sp³-hybridized carbons (Fsp3) is 0.789. The number of carbonyl (C=O) groups excluding carboxylic acids is 3. The zero-order chi connectivity index (χ0) is 19.2. The number of carboxylic acids is 1. The first kappa shape index (κ1) is 18.3. The molecule has 4 fully saturated rings. The average molecular weight is 377 g/mol. The van der Waals surface area contributed by atoms with Gasteiger partial charge in [-0.1, -0.05) is 25.7 Å². The number of amides is 4. The summed E-state index contributed by atoms with van der Waals surface area (Å²) in [7, 11) is 0. The Kier molecular flexibility index (Phi) is 4.60. The van der Waals surface area contributed by atoms with E-state index in [1.165, 1.54) is 4.90 Å². The van der Waals surface area contributed by atoms with Crippen molar-refractivity contribution in [1.29, 1.82) is 0 Å². The molecular formula is C19H27N3O5. The van der Waals surface area contributed by atoms with Gasteiger partial charge in [-0.2, -0.15) is 0 Å². The van der Waals surface area contributed by atoms with Crippen molar-refractivity contribution in [2.75, 3.05) is 6.54 Å². The topological polar surface area (TPSA) is 107 Å². The number of nitrogens with one attached hydrogen (secondary N) is 1. The molecule has 2 saturated heterocycles. The molecule has 3 atom stereocenters. The van der Waals surface area contributed by atoms with Crippen LogP contribution in [0.1, 0.15) is 64.2 Å². The van der Waals surface area contributed by atoms with Crippen LogP contribution in [-0.2, 0) is 14.4 Å². The first-order chi connectivity index (χ1) is 12.9. The van der Waals surface area contributed by atoms with Crippen LogP contribution in [0.5, 0.6) is 0 Å². The molecule has 0 aromatic heterocycles. The lowest BCUT2D eigenvalue weighted by atomic mass is 9.84. The summed E-state index contributed by atoms with van der Waals surface area (Å²) in [6.07, 6.45) is 7.52. The van der Waals surface area contributed by atoms with Gasteiger partial charge < -0.3 is 15.3 Å². The number of hydrogen-bond acceptors (Lipinski definition) is 4. The SMILES string of the molecule is O=C(O)[C@@H]1C[C@H]2CCCC[C@H]2N1C(=O)CCN1C(=O)NC2(CCCC2)C1=O. The Bertz CT molecular complexity index is 672. The van der Waals surface area contributed by atoms with Crippen molar-refractivity contribution in [3.05, 3.63) is 0 Å². The van der Waals surface area contributed by atoms with E-state index < -0.39 is 23.6 Å². The van der Waals surface area contributed by atoms with E-state index in [4.69, 9.17) is 0 Å². The lowest BCUT2D eigenvalue weighted by molar-refractivity contribution is -0.150. The van der Waals surface area contributed by atoms with Crippen LogP contribution in [0.25, 0.3) is 0 Å². The summed E-state index contributed by atoms with van der Waals surface area (Å²) in [6, 6.07) is -1.23. The van der Waals surface area contributed by atoms with E-state index >= 15 is 0 Å². The number of fused-ring (bicyclic) bond motifs is 1. The molecule has 8 heteroatoms. The van der Waals surface area contributed by atoms with Crippen molar-refractivity contribution in [3.63, 3.8) is 0 Å². The smallest absolute Gasteiger partial charge is 0.326 e. The first-order valence-electron chi connectivity index (χ1n) is 10.1. The fourth-order valence-corrected chi connectivity index (χ4v) is 5.57. The largest absolute Gasteiger partial charge is 0.480 e. The summed E-state index contributed by atoms with van der Waals surface area (Å²) in [5, 5.41) is 12.4. The molecule has 8 nitrogen and oxygen atoms in total. The lowest BCUT2D eigenvalue weighted by Gasteiger charge is -2.33. The second-order valence-corrected chi connectivity index (χ2v) is 8.43. The van der Waals surface area contributed by atoms with Crippen LogP contribution >= 0.6 is 0 Å². The fourth-order valence-electron chi connectivity index (χ4n) is 5.57. The zero-order valence-electron chi connectivity index (χ0n) is 15.5. The highest BCUT2D eigenvalue weighted by Crippen LogP contribution is 2.40. The standard InChI is InChI=1S/C19H27N3O5/c23-15(22-13-6-2-1-5-12(13)11-14(22)16(24)25)7-10-21-17(26)19(20-18(21)27)8-3-4-9-19/h12-14H,1-11H2,(H,20,27)(H,24,25)/t12-,13-,14+/m1/s1. The Labute approximate surface area is 158 Å². The molecule has 2 heterocycles. The van der Waals surface area contributed by atoms with Gasteiger partial charge in [-0.05, 0) is 38.0 Å². The molecule has 0 aromatic rings. The number of urea groups is 1. The Hall–Kier alpha value is -2.12. The second kappa shape index (κ2) is 6.80. The van der Waals surface area contributed by atoms with Gasteiger partial charge in [-0.15, -0.1) is 0 Å². The van der Waals surface area contributed by atoms with Crippen molar-refractivity contribution >= 4 is 23.8 Å². The van der Waals surface area contributed by atoms with Gasteiger partial charge in [-0.25, -0.2) is 9.59 Å². The van der Waals surface area contributed by atoms with E-state index in [2.05, 4.69) is 5.32 Å². The third-order valence-electron chi connectivity index (χ3n) is 6.91. The van der Waals surface area contributed by atoms with Gasteiger partial charge >= 0.3 is 12.0 Å². The molecule has 2 aliphatic carbocycles. The molecule has 0 radical (unpaired) electrons. The predicted molar refractivity (Wildman–Crippen MR) is 94.7 cm³/mol. The highest BCUT2D eigenvalue weighted by Gasteiger charge is 2.53. The summed E-state index contributed by atoms with van der Waals surface area (Å²) in [5.41, 5.74) is -0.772. The summed E-state index contributed by atoms with van der Waals surface area (Å²) >= 11 is 0. The normalized spacial score (nSPS) is 32.1. The third kappa shape index (κ3) is 2.99. The van der Waals surface area contributed by atoms with Gasteiger partial charge in [0, 0.05) is 19.0 Å². The monoisotopic (exact) mass is 377 g/mol. The quantitative estimate of drug-likeness (QED) is 0.722. The van der Waals surface area contributed by atoms with Crippen LogP contribution in [0.4, 0.5) is 4.79 Å². The molecule has 2 N–H and O–H groups in total. The first-order valence-corrected chi connectivity index (χ1v) is 10.1. The number of rotatable bonds is 4. The van der Waals surface area contributed by atoms with Gasteiger partial charge in [0.1, 0.15) is 11.6 Å². The Morgan fingerprint density at radius 2 is 1.81 bits per heavy atom. The van der Waals surface area contributed by atoms with Crippen LogP contribution in [0.2, 0.25) is 0 Å².